The molecule has 0 aromatic rings. The Labute approximate surface area is 141 Å². The lowest BCUT2D eigenvalue weighted by Crippen LogP contribution is -2.45. The van der Waals surface area contributed by atoms with Gasteiger partial charge in [0.15, 0.2) is 5.96 Å². The minimum atomic E-state index is -0.0294. The van der Waals surface area contributed by atoms with Crippen LogP contribution in [0.3, 0.4) is 0 Å². The predicted molar refractivity (Wildman–Crippen MR) is 96.8 cm³/mol. The molecule has 0 aromatic carbocycles. The van der Waals surface area contributed by atoms with Gasteiger partial charge in [0.1, 0.15) is 0 Å². The van der Waals surface area contributed by atoms with E-state index in [9.17, 15) is 0 Å². The Morgan fingerprint density at radius 1 is 1.35 bits per heavy atom. The zero-order valence-electron chi connectivity index (χ0n) is 13.4. The Balaban J connectivity index is 0.00000361. The van der Waals surface area contributed by atoms with E-state index in [1.54, 1.807) is 0 Å². The van der Waals surface area contributed by atoms with Crippen molar-refractivity contribution in [3.63, 3.8) is 0 Å². The highest BCUT2D eigenvalue weighted by molar-refractivity contribution is 14.0. The summed E-state index contributed by atoms with van der Waals surface area (Å²) in [6, 6.07) is 0. The number of aliphatic imine (C=N–C) groups is 1. The Kier molecular flexibility index (Phi) is 9.80. The van der Waals surface area contributed by atoms with Crippen LogP contribution in [-0.4, -0.2) is 30.8 Å². The van der Waals surface area contributed by atoms with Crippen LogP contribution in [0.1, 0.15) is 59.8 Å². The van der Waals surface area contributed by atoms with Crippen LogP contribution in [0.15, 0.2) is 4.99 Å². The standard InChI is InChI=1S/C15H31N3O.HI/c1-5-19-13(12-8-6-7-9-12)10-11-17-14(16)18-15(2,3)4;/h12-13H,5-11H2,1-4H3,(H3,16,17,18);1H. The second-order valence-electron chi connectivity index (χ2n) is 6.47. The molecule has 1 rings (SSSR count). The second kappa shape index (κ2) is 9.82. The van der Waals surface area contributed by atoms with Crippen molar-refractivity contribution in [3.8, 4) is 0 Å². The number of hydrogen-bond acceptors (Lipinski definition) is 2. The van der Waals surface area contributed by atoms with Gasteiger partial charge >= 0.3 is 0 Å². The first-order chi connectivity index (χ1) is 8.92. The molecule has 0 aromatic heterocycles. The van der Waals surface area contributed by atoms with Gasteiger partial charge in [0.2, 0.25) is 0 Å². The fraction of sp³-hybridized carbons (Fsp3) is 0.933. The third kappa shape index (κ3) is 8.29. The summed E-state index contributed by atoms with van der Waals surface area (Å²) >= 11 is 0. The Morgan fingerprint density at radius 3 is 2.45 bits per heavy atom. The molecule has 0 spiro atoms. The van der Waals surface area contributed by atoms with Crippen LogP contribution in [0.2, 0.25) is 0 Å². The first-order valence-electron chi connectivity index (χ1n) is 7.62. The summed E-state index contributed by atoms with van der Waals surface area (Å²) in [5.41, 5.74) is 5.84. The predicted octanol–water partition coefficient (Wildman–Crippen LogP) is 3.29. The first-order valence-corrected chi connectivity index (χ1v) is 7.62. The van der Waals surface area contributed by atoms with Gasteiger partial charge in [-0.3, -0.25) is 4.99 Å². The molecular formula is C15H32IN3O. The Bertz CT molecular complexity index is 283. The molecule has 120 valence electrons. The van der Waals surface area contributed by atoms with Crippen molar-refractivity contribution in [2.75, 3.05) is 13.2 Å². The monoisotopic (exact) mass is 397 g/mol. The summed E-state index contributed by atoms with van der Waals surface area (Å²) in [4.78, 5) is 4.41. The van der Waals surface area contributed by atoms with Crippen molar-refractivity contribution in [2.24, 2.45) is 16.6 Å². The molecule has 0 radical (unpaired) electrons. The number of hydrogen-bond donors (Lipinski definition) is 2. The number of halogens is 1. The van der Waals surface area contributed by atoms with Gasteiger partial charge in [0.05, 0.1) is 6.10 Å². The molecule has 1 unspecified atom stereocenters. The number of rotatable bonds is 6. The van der Waals surface area contributed by atoms with Crippen LogP contribution >= 0.6 is 24.0 Å². The Hall–Kier alpha value is -0.0400. The number of nitrogens with one attached hydrogen (secondary N) is 1. The molecule has 1 aliphatic carbocycles. The Morgan fingerprint density at radius 2 is 1.95 bits per heavy atom. The molecule has 1 saturated carbocycles. The van der Waals surface area contributed by atoms with E-state index >= 15 is 0 Å². The fourth-order valence-electron chi connectivity index (χ4n) is 2.73. The maximum Gasteiger partial charge on any atom is 0.188 e. The third-order valence-corrected chi connectivity index (χ3v) is 3.51. The van der Waals surface area contributed by atoms with Crippen LogP contribution in [0.5, 0.6) is 0 Å². The highest BCUT2D eigenvalue weighted by Crippen LogP contribution is 2.30. The SMILES string of the molecule is CCOC(CCN=C(N)NC(C)(C)C)C1CCCC1.I. The van der Waals surface area contributed by atoms with Gasteiger partial charge in [-0.15, -0.1) is 24.0 Å². The smallest absolute Gasteiger partial charge is 0.188 e. The zero-order valence-corrected chi connectivity index (χ0v) is 15.8. The molecule has 0 saturated heterocycles. The van der Waals surface area contributed by atoms with Crippen molar-refractivity contribution in [1.29, 1.82) is 0 Å². The normalized spacial score (nSPS) is 18.7. The summed E-state index contributed by atoms with van der Waals surface area (Å²) in [6.07, 6.45) is 6.66. The van der Waals surface area contributed by atoms with Gasteiger partial charge in [-0.1, -0.05) is 12.8 Å². The maximum atomic E-state index is 5.88. The highest BCUT2D eigenvalue weighted by Gasteiger charge is 2.24. The lowest BCUT2D eigenvalue weighted by molar-refractivity contribution is 0.0177. The molecule has 0 aliphatic heterocycles. The average molecular weight is 397 g/mol. The summed E-state index contributed by atoms with van der Waals surface area (Å²) in [6.45, 7) is 9.85. The molecule has 1 aliphatic rings. The van der Waals surface area contributed by atoms with Crippen LogP contribution in [0.4, 0.5) is 0 Å². The van der Waals surface area contributed by atoms with E-state index < -0.39 is 0 Å². The van der Waals surface area contributed by atoms with E-state index in [1.165, 1.54) is 25.7 Å². The van der Waals surface area contributed by atoms with E-state index in [-0.39, 0.29) is 29.5 Å². The zero-order chi connectivity index (χ0) is 14.3. The summed E-state index contributed by atoms with van der Waals surface area (Å²) < 4.78 is 5.88. The molecule has 20 heavy (non-hydrogen) atoms. The van der Waals surface area contributed by atoms with E-state index in [2.05, 4.69) is 38.0 Å². The maximum absolute atomic E-state index is 5.88. The molecular weight excluding hydrogens is 365 g/mol. The van der Waals surface area contributed by atoms with E-state index in [0.717, 1.165) is 25.5 Å². The lowest BCUT2D eigenvalue weighted by Gasteiger charge is -2.23. The molecule has 0 heterocycles. The topological polar surface area (TPSA) is 59.6 Å². The third-order valence-electron chi connectivity index (χ3n) is 3.51. The minimum absolute atomic E-state index is 0. The highest BCUT2D eigenvalue weighted by atomic mass is 127. The number of nitrogens with zero attached hydrogens (tertiary/aromatic N) is 1. The van der Waals surface area contributed by atoms with E-state index in [4.69, 9.17) is 10.5 Å². The van der Waals surface area contributed by atoms with Crippen LogP contribution in [-0.2, 0) is 4.74 Å². The van der Waals surface area contributed by atoms with Crippen molar-refractivity contribution in [3.05, 3.63) is 0 Å². The minimum Gasteiger partial charge on any atom is -0.378 e. The van der Waals surface area contributed by atoms with Crippen molar-refractivity contribution >= 4 is 29.9 Å². The summed E-state index contributed by atoms with van der Waals surface area (Å²) in [7, 11) is 0. The largest absolute Gasteiger partial charge is 0.378 e. The number of guanidine groups is 1. The molecule has 0 bridgehead atoms. The van der Waals surface area contributed by atoms with Crippen molar-refractivity contribution < 1.29 is 4.74 Å². The average Bonchev–Trinajstić information content (AvgIpc) is 2.78. The fourth-order valence-corrected chi connectivity index (χ4v) is 2.73. The summed E-state index contributed by atoms with van der Waals surface area (Å²) in [5, 5.41) is 3.18. The van der Waals surface area contributed by atoms with Gasteiger partial charge < -0.3 is 15.8 Å². The van der Waals surface area contributed by atoms with E-state index in [0.29, 0.717) is 12.1 Å². The van der Waals surface area contributed by atoms with E-state index in [1.807, 2.05) is 0 Å². The molecule has 3 N–H and O–H groups in total. The van der Waals surface area contributed by atoms with Crippen molar-refractivity contribution in [1.82, 2.24) is 5.32 Å². The lowest BCUT2D eigenvalue weighted by atomic mass is 9.98. The summed E-state index contributed by atoms with van der Waals surface area (Å²) in [5.74, 6) is 1.26. The van der Waals surface area contributed by atoms with Crippen molar-refractivity contribution in [2.45, 2.75) is 71.4 Å². The van der Waals surface area contributed by atoms with Crippen LogP contribution in [0, 0.1) is 5.92 Å². The number of nitrogens with two attached hydrogens (primary N) is 1. The van der Waals surface area contributed by atoms with Gasteiger partial charge in [0, 0.05) is 18.7 Å². The second-order valence-corrected chi connectivity index (χ2v) is 6.47. The van der Waals surface area contributed by atoms with Crippen LogP contribution < -0.4 is 11.1 Å². The first kappa shape index (κ1) is 20.0. The molecule has 0 amide bonds. The molecule has 1 atom stereocenters. The molecule has 1 fully saturated rings. The number of ether oxygens (including phenoxy) is 1. The van der Waals surface area contributed by atoms with Gasteiger partial charge in [-0.2, -0.15) is 0 Å². The van der Waals surface area contributed by atoms with Gasteiger partial charge in [-0.25, -0.2) is 0 Å². The quantitative estimate of drug-likeness (QED) is 0.411. The van der Waals surface area contributed by atoms with Gasteiger partial charge in [-0.05, 0) is 52.9 Å². The molecule has 4 nitrogen and oxygen atoms in total. The van der Waals surface area contributed by atoms with Gasteiger partial charge in [0.25, 0.3) is 0 Å². The molecule has 5 heteroatoms. The van der Waals surface area contributed by atoms with Crippen LogP contribution in [0.25, 0.3) is 0 Å².